The van der Waals surface area contributed by atoms with Crippen molar-refractivity contribution in [2.75, 3.05) is 0 Å². The van der Waals surface area contributed by atoms with Crippen LogP contribution in [-0.2, 0) is 6.54 Å². The van der Waals surface area contributed by atoms with Gasteiger partial charge in [0.05, 0.1) is 6.54 Å². The summed E-state index contributed by atoms with van der Waals surface area (Å²) in [7, 11) is 0. The molecule has 0 amide bonds. The lowest BCUT2D eigenvalue weighted by molar-refractivity contribution is -0.643. The largest absolute Gasteiger partial charge is 0.413 e. The van der Waals surface area contributed by atoms with Gasteiger partial charge in [-0.05, 0) is 44.0 Å². The smallest absolute Gasteiger partial charge is 0.267 e. The Kier molecular flexibility index (Phi) is 2.67. The second kappa shape index (κ2) is 4.26. The fourth-order valence-electron chi connectivity index (χ4n) is 2.43. The Morgan fingerprint density at radius 2 is 1.85 bits per heavy atom. The zero-order chi connectivity index (χ0) is 14.4. The van der Waals surface area contributed by atoms with Gasteiger partial charge in [0, 0.05) is 0 Å². The maximum Gasteiger partial charge on any atom is 0.413 e. The number of hydrogen-bond donors (Lipinski definition) is 2. The van der Waals surface area contributed by atoms with E-state index in [0.717, 1.165) is 22.2 Å². The maximum atomic E-state index is 11.9. The average molecular weight is 271 g/mol. The van der Waals surface area contributed by atoms with E-state index >= 15 is 0 Å². The lowest BCUT2D eigenvalue weighted by Crippen LogP contribution is -2.39. The lowest BCUT2D eigenvalue weighted by atomic mass is 10.1. The monoisotopic (exact) mass is 271 g/mol. The molecule has 0 saturated carbocycles. The molecule has 6 heteroatoms. The van der Waals surface area contributed by atoms with Crippen molar-refractivity contribution in [2.24, 2.45) is 0 Å². The van der Waals surface area contributed by atoms with Gasteiger partial charge in [0.2, 0.25) is 5.52 Å². The summed E-state index contributed by atoms with van der Waals surface area (Å²) in [6.07, 6.45) is 0. The summed E-state index contributed by atoms with van der Waals surface area (Å²) in [4.78, 5) is 32.7. The highest BCUT2D eigenvalue weighted by molar-refractivity contribution is 5.80. The van der Waals surface area contributed by atoms with Crippen LogP contribution in [0.5, 0.6) is 0 Å². The van der Waals surface area contributed by atoms with Crippen LogP contribution in [0, 0.1) is 13.8 Å². The summed E-state index contributed by atoms with van der Waals surface area (Å²) in [5.41, 5.74) is 3.64. The molecule has 2 aromatic heterocycles. The molecule has 3 aromatic rings. The molecule has 0 fully saturated rings. The molecule has 0 saturated heterocycles. The van der Waals surface area contributed by atoms with Gasteiger partial charge in [0.1, 0.15) is 5.52 Å². The van der Waals surface area contributed by atoms with E-state index in [1.54, 1.807) is 0 Å². The summed E-state index contributed by atoms with van der Waals surface area (Å²) in [5, 5.41) is 0. The summed E-state index contributed by atoms with van der Waals surface area (Å²) in [5.74, 6) is 0. The first-order valence-electron chi connectivity index (χ1n) is 6.48. The molecule has 102 valence electrons. The van der Waals surface area contributed by atoms with E-state index in [9.17, 15) is 9.59 Å². The molecule has 6 nitrogen and oxygen atoms in total. The van der Waals surface area contributed by atoms with Gasteiger partial charge in [-0.15, -0.1) is 0 Å². The molecular formula is C14H15N4O2+. The first-order chi connectivity index (χ1) is 9.51. The first kappa shape index (κ1) is 12.5. The third kappa shape index (κ3) is 1.72. The minimum atomic E-state index is -0.519. The first-order valence-corrected chi connectivity index (χ1v) is 6.48. The number of H-pyrrole nitrogens is 2. The van der Waals surface area contributed by atoms with Gasteiger partial charge < -0.3 is 0 Å². The zero-order valence-electron chi connectivity index (χ0n) is 11.6. The van der Waals surface area contributed by atoms with Gasteiger partial charge in [-0.25, -0.2) is 14.3 Å². The summed E-state index contributed by atoms with van der Waals surface area (Å²) < 4.78 is 1.90. The highest BCUT2D eigenvalue weighted by atomic mass is 16.2. The van der Waals surface area contributed by atoms with Crippen LogP contribution < -0.4 is 15.8 Å². The van der Waals surface area contributed by atoms with Gasteiger partial charge in [-0.3, -0.25) is 9.78 Å². The number of aromatic amines is 2. The van der Waals surface area contributed by atoms with E-state index in [1.165, 1.54) is 0 Å². The minimum Gasteiger partial charge on any atom is -0.267 e. The molecule has 0 aliphatic carbocycles. The van der Waals surface area contributed by atoms with Crippen LogP contribution in [0.1, 0.15) is 18.1 Å². The Morgan fingerprint density at radius 3 is 2.55 bits per heavy atom. The Labute approximate surface area is 114 Å². The quantitative estimate of drug-likeness (QED) is 0.504. The van der Waals surface area contributed by atoms with E-state index in [0.29, 0.717) is 12.2 Å². The van der Waals surface area contributed by atoms with E-state index in [1.807, 2.05) is 37.5 Å². The second-order valence-corrected chi connectivity index (χ2v) is 4.89. The predicted octanol–water partition coefficient (Wildman–Crippen LogP) is 0.689. The zero-order valence-corrected chi connectivity index (χ0v) is 11.6. The summed E-state index contributed by atoms with van der Waals surface area (Å²) in [6, 6.07) is 3.99. The van der Waals surface area contributed by atoms with Gasteiger partial charge >= 0.3 is 11.3 Å². The van der Waals surface area contributed by atoms with Crippen LogP contribution in [0.3, 0.4) is 0 Å². The number of hydrogen-bond acceptors (Lipinski definition) is 3. The number of nitrogens with one attached hydrogen (secondary N) is 2. The molecule has 20 heavy (non-hydrogen) atoms. The molecule has 0 aliphatic rings. The van der Waals surface area contributed by atoms with Crippen LogP contribution >= 0.6 is 0 Å². The maximum absolute atomic E-state index is 11.9. The average Bonchev–Trinajstić information content (AvgIpc) is 2.39. The van der Waals surface area contributed by atoms with E-state index in [2.05, 4.69) is 15.0 Å². The van der Waals surface area contributed by atoms with Crippen molar-refractivity contribution < 1.29 is 4.57 Å². The predicted molar refractivity (Wildman–Crippen MR) is 75.8 cm³/mol. The van der Waals surface area contributed by atoms with E-state index in [-0.39, 0.29) is 5.52 Å². The molecule has 0 bridgehead atoms. The molecule has 1 aromatic carbocycles. The number of aromatic nitrogens is 4. The molecule has 0 radical (unpaired) electrons. The molecular weight excluding hydrogens is 256 g/mol. The lowest BCUT2D eigenvalue weighted by Gasteiger charge is -2.07. The Morgan fingerprint density at radius 1 is 1.15 bits per heavy atom. The highest BCUT2D eigenvalue weighted by Crippen LogP contribution is 2.16. The van der Waals surface area contributed by atoms with Crippen LogP contribution in [0.15, 0.2) is 21.7 Å². The van der Waals surface area contributed by atoms with Crippen molar-refractivity contribution in [1.82, 2.24) is 15.0 Å². The van der Waals surface area contributed by atoms with Gasteiger partial charge in [0.25, 0.3) is 5.56 Å². The number of fused-ring (bicyclic) bond motifs is 2. The van der Waals surface area contributed by atoms with E-state index < -0.39 is 11.2 Å². The Balaban J connectivity index is 2.64. The minimum absolute atomic E-state index is 0.252. The number of benzene rings is 1. The van der Waals surface area contributed by atoms with Crippen molar-refractivity contribution >= 4 is 22.2 Å². The Bertz CT molecular complexity index is 953. The van der Waals surface area contributed by atoms with Crippen molar-refractivity contribution in [3.05, 3.63) is 44.1 Å². The van der Waals surface area contributed by atoms with Gasteiger partial charge in [-0.2, -0.15) is 4.98 Å². The normalized spacial score (nSPS) is 11.3. The third-order valence-electron chi connectivity index (χ3n) is 3.60. The summed E-state index contributed by atoms with van der Waals surface area (Å²) >= 11 is 0. The van der Waals surface area contributed by atoms with Gasteiger partial charge in [-0.1, -0.05) is 0 Å². The van der Waals surface area contributed by atoms with Crippen LogP contribution in [0.2, 0.25) is 0 Å². The highest BCUT2D eigenvalue weighted by Gasteiger charge is 2.17. The number of rotatable bonds is 1. The standard InChI is InChI=1S/C14H14N4O2/c1-4-18-10-6-8(3)7(2)5-9(10)15-11-12(18)16-14(20)17-13(11)19/h5-6H,4H2,1-3H3,(H,17,19,20)/p+1. The third-order valence-corrected chi connectivity index (χ3v) is 3.60. The SMILES string of the molecule is CC[n+]1c2cc(C)c(C)cc2nc2c(=O)[nH]c(=O)[nH]c21. The van der Waals surface area contributed by atoms with Gasteiger partial charge in [0.15, 0.2) is 5.52 Å². The fourth-order valence-corrected chi connectivity index (χ4v) is 2.43. The van der Waals surface area contributed by atoms with E-state index in [4.69, 9.17) is 0 Å². The fraction of sp³-hybridized carbons (Fsp3) is 0.286. The molecule has 0 atom stereocenters. The molecule has 2 heterocycles. The molecule has 0 unspecified atom stereocenters. The second-order valence-electron chi connectivity index (χ2n) is 4.89. The van der Waals surface area contributed by atoms with Crippen LogP contribution in [0.4, 0.5) is 0 Å². The molecule has 3 rings (SSSR count). The van der Waals surface area contributed by atoms with Crippen molar-refractivity contribution in [1.29, 1.82) is 0 Å². The molecule has 2 N–H and O–H groups in total. The Hall–Kier alpha value is -2.50. The van der Waals surface area contributed by atoms with Crippen LogP contribution in [0.25, 0.3) is 22.2 Å². The number of aryl methyl sites for hydroxylation is 3. The van der Waals surface area contributed by atoms with Crippen molar-refractivity contribution in [3.8, 4) is 0 Å². The van der Waals surface area contributed by atoms with Crippen LogP contribution in [-0.4, -0.2) is 15.0 Å². The molecule has 0 spiro atoms. The topological polar surface area (TPSA) is 82.5 Å². The number of nitrogens with zero attached hydrogens (tertiary/aromatic N) is 2. The summed E-state index contributed by atoms with van der Waals surface area (Å²) in [6.45, 7) is 6.64. The van der Waals surface area contributed by atoms with Crippen molar-refractivity contribution in [2.45, 2.75) is 27.3 Å². The van der Waals surface area contributed by atoms with Crippen molar-refractivity contribution in [3.63, 3.8) is 0 Å². The molecule has 0 aliphatic heterocycles.